The van der Waals surface area contributed by atoms with Gasteiger partial charge in [0.05, 0.1) is 17.0 Å². The number of hydrogen-bond donors (Lipinski definition) is 1. The van der Waals surface area contributed by atoms with E-state index in [1.54, 1.807) is 6.07 Å². The molecular formula is C20H18Cl2O4. The van der Waals surface area contributed by atoms with Gasteiger partial charge >= 0.3 is 5.97 Å². The van der Waals surface area contributed by atoms with Crippen LogP contribution in [-0.2, 0) is 16.6 Å². The van der Waals surface area contributed by atoms with Crippen molar-refractivity contribution >= 4 is 35.0 Å². The average Bonchev–Trinajstić information content (AvgIpc) is 2.88. The minimum Gasteiger partial charge on any atom is -0.492 e. The highest BCUT2D eigenvalue weighted by Gasteiger charge is 2.45. The predicted molar refractivity (Wildman–Crippen MR) is 101 cm³/mol. The van der Waals surface area contributed by atoms with Crippen LogP contribution in [0.1, 0.15) is 41.3 Å². The van der Waals surface area contributed by atoms with Gasteiger partial charge in [0.25, 0.3) is 0 Å². The summed E-state index contributed by atoms with van der Waals surface area (Å²) in [6, 6.07) is 11.3. The van der Waals surface area contributed by atoms with Crippen molar-refractivity contribution in [3.05, 3.63) is 63.1 Å². The van der Waals surface area contributed by atoms with E-state index in [0.29, 0.717) is 24.2 Å². The Bertz CT molecular complexity index is 864. The lowest BCUT2D eigenvalue weighted by atomic mass is 9.79. The quantitative estimate of drug-likeness (QED) is 0.707. The average molecular weight is 393 g/mol. The summed E-state index contributed by atoms with van der Waals surface area (Å²) in [6.07, 6.45) is 0.884. The Morgan fingerprint density at radius 3 is 2.58 bits per heavy atom. The first-order valence-corrected chi connectivity index (χ1v) is 9.06. The number of carbonyl (C=O) groups excluding carboxylic acids is 1. The molecule has 1 atom stereocenters. The standard InChI is InChI=1S/C20H18Cl2O4/c1-20(13-6-3-2-4-7-13)11-12-10-14(26-9-5-8-15(23)24)17(21)18(22)16(12)19(20)25/h2-4,6-7,10H,5,8-9,11H2,1H3,(H,23,24)/t20-/m1/s1. The highest BCUT2D eigenvalue weighted by molar-refractivity contribution is 6.45. The van der Waals surface area contributed by atoms with Crippen LogP contribution >= 0.6 is 23.2 Å². The number of carboxylic acid groups (broad SMARTS) is 1. The van der Waals surface area contributed by atoms with E-state index in [4.69, 9.17) is 33.0 Å². The summed E-state index contributed by atoms with van der Waals surface area (Å²) >= 11 is 12.7. The number of carboxylic acids is 1. The molecular weight excluding hydrogens is 375 g/mol. The summed E-state index contributed by atoms with van der Waals surface area (Å²) in [6.45, 7) is 2.12. The molecule has 0 radical (unpaired) electrons. The van der Waals surface area contributed by atoms with E-state index < -0.39 is 11.4 Å². The van der Waals surface area contributed by atoms with E-state index in [9.17, 15) is 9.59 Å². The Kier molecular flexibility index (Phi) is 5.26. The molecule has 6 heteroatoms. The number of ketones is 1. The van der Waals surface area contributed by atoms with Gasteiger partial charge < -0.3 is 9.84 Å². The molecule has 26 heavy (non-hydrogen) atoms. The number of ether oxygens (including phenoxy) is 1. The second-order valence-corrected chi connectivity index (χ2v) is 7.34. The molecule has 0 aliphatic heterocycles. The second-order valence-electron chi connectivity index (χ2n) is 6.59. The topological polar surface area (TPSA) is 63.6 Å². The van der Waals surface area contributed by atoms with E-state index in [1.807, 2.05) is 37.3 Å². The van der Waals surface area contributed by atoms with Crippen LogP contribution in [0, 0.1) is 0 Å². The molecule has 0 bridgehead atoms. The van der Waals surface area contributed by atoms with Crippen LogP contribution < -0.4 is 4.74 Å². The van der Waals surface area contributed by atoms with Gasteiger partial charge in [0, 0.05) is 12.0 Å². The SMILES string of the molecule is C[C@]1(c2ccccc2)Cc2cc(OCCCC(=O)O)c(Cl)c(Cl)c2C1=O. The summed E-state index contributed by atoms with van der Waals surface area (Å²) in [5, 5.41) is 9.07. The molecule has 1 aliphatic rings. The summed E-state index contributed by atoms with van der Waals surface area (Å²) in [5.74, 6) is -0.551. The Morgan fingerprint density at radius 2 is 1.92 bits per heavy atom. The molecule has 0 heterocycles. The van der Waals surface area contributed by atoms with Crippen LogP contribution in [0.5, 0.6) is 5.75 Å². The van der Waals surface area contributed by atoms with E-state index in [-0.39, 0.29) is 28.9 Å². The third kappa shape index (κ3) is 3.31. The van der Waals surface area contributed by atoms with Gasteiger partial charge in [0.1, 0.15) is 10.8 Å². The lowest BCUT2D eigenvalue weighted by molar-refractivity contribution is -0.137. The zero-order chi connectivity index (χ0) is 18.9. The zero-order valence-corrected chi connectivity index (χ0v) is 15.7. The first-order chi connectivity index (χ1) is 12.3. The van der Waals surface area contributed by atoms with Gasteiger partial charge in [0.2, 0.25) is 0 Å². The molecule has 136 valence electrons. The van der Waals surface area contributed by atoms with Crippen LogP contribution in [0.3, 0.4) is 0 Å². The Labute approximate surface area is 161 Å². The molecule has 0 spiro atoms. The fourth-order valence-electron chi connectivity index (χ4n) is 3.32. The number of halogens is 2. The van der Waals surface area contributed by atoms with Crippen molar-refractivity contribution in [2.24, 2.45) is 0 Å². The van der Waals surface area contributed by atoms with Crippen molar-refractivity contribution in [1.29, 1.82) is 0 Å². The molecule has 0 saturated heterocycles. The summed E-state index contributed by atoms with van der Waals surface area (Å²) < 4.78 is 5.61. The van der Waals surface area contributed by atoms with Crippen molar-refractivity contribution < 1.29 is 19.4 Å². The molecule has 2 aromatic rings. The number of aliphatic carboxylic acids is 1. The first-order valence-electron chi connectivity index (χ1n) is 8.30. The smallest absolute Gasteiger partial charge is 0.303 e. The second kappa shape index (κ2) is 7.29. The fourth-order valence-corrected chi connectivity index (χ4v) is 3.83. The van der Waals surface area contributed by atoms with Gasteiger partial charge in [-0.2, -0.15) is 0 Å². The van der Waals surface area contributed by atoms with Crippen molar-refractivity contribution in [2.45, 2.75) is 31.6 Å². The molecule has 0 aromatic heterocycles. The number of benzene rings is 2. The third-order valence-corrected chi connectivity index (χ3v) is 5.58. The summed E-state index contributed by atoms with van der Waals surface area (Å²) in [7, 11) is 0. The number of carbonyl (C=O) groups is 2. The minimum absolute atomic E-state index is 0.0147. The molecule has 2 aromatic carbocycles. The molecule has 1 aliphatic carbocycles. The minimum atomic E-state index is -0.879. The van der Waals surface area contributed by atoms with Gasteiger partial charge in [-0.3, -0.25) is 9.59 Å². The van der Waals surface area contributed by atoms with E-state index in [2.05, 4.69) is 0 Å². The molecule has 0 fully saturated rings. The van der Waals surface area contributed by atoms with Crippen LogP contribution in [0.25, 0.3) is 0 Å². The molecule has 1 N–H and O–H groups in total. The normalized spacial score (nSPS) is 18.7. The van der Waals surface area contributed by atoms with Crippen molar-refractivity contribution in [2.75, 3.05) is 6.61 Å². The van der Waals surface area contributed by atoms with Crippen LogP contribution in [-0.4, -0.2) is 23.5 Å². The maximum Gasteiger partial charge on any atom is 0.303 e. The van der Waals surface area contributed by atoms with Crippen LogP contribution in [0.4, 0.5) is 0 Å². The highest BCUT2D eigenvalue weighted by atomic mass is 35.5. The van der Waals surface area contributed by atoms with Crippen LogP contribution in [0.15, 0.2) is 36.4 Å². The number of rotatable bonds is 6. The first kappa shape index (κ1) is 18.7. The van der Waals surface area contributed by atoms with Gasteiger partial charge in [-0.15, -0.1) is 0 Å². The number of hydrogen-bond acceptors (Lipinski definition) is 3. The zero-order valence-electron chi connectivity index (χ0n) is 14.2. The van der Waals surface area contributed by atoms with Crippen LogP contribution in [0.2, 0.25) is 10.0 Å². The van der Waals surface area contributed by atoms with Crippen molar-refractivity contribution in [3.63, 3.8) is 0 Å². The number of fused-ring (bicyclic) bond motifs is 1. The van der Waals surface area contributed by atoms with Crippen molar-refractivity contribution in [3.8, 4) is 5.75 Å². The lowest BCUT2D eigenvalue weighted by Crippen LogP contribution is -2.29. The number of Topliss-reactive ketones (excluding diaryl/α,β-unsaturated/α-hetero) is 1. The molecule has 0 unspecified atom stereocenters. The monoisotopic (exact) mass is 392 g/mol. The Morgan fingerprint density at radius 1 is 1.23 bits per heavy atom. The van der Waals surface area contributed by atoms with Gasteiger partial charge in [-0.25, -0.2) is 0 Å². The molecule has 0 saturated carbocycles. The maximum atomic E-state index is 13.1. The Hall–Kier alpha value is -2.04. The van der Waals surface area contributed by atoms with Gasteiger partial charge in [-0.05, 0) is 37.0 Å². The highest BCUT2D eigenvalue weighted by Crippen LogP contribution is 2.47. The lowest BCUT2D eigenvalue weighted by Gasteiger charge is -2.22. The fraction of sp³-hybridized carbons (Fsp3) is 0.300. The predicted octanol–water partition coefficient (Wildman–Crippen LogP) is 4.93. The summed E-state index contributed by atoms with van der Waals surface area (Å²) in [5.41, 5.74) is 1.47. The largest absolute Gasteiger partial charge is 0.492 e. The Balaban J connectivity index is 1.90. The third-order valence-electron chi connectivity index (χ3n) is 4.73. The molecule has 4 nitrogen and oxygen atoms in total. The van der Waals surface area contributed by atoms with E-state index >= 15 is 0 Å². The van der Waals surface area contributed by atoms with Crippen molar-refractivity contribution in [1.82, 2.24) is 0 Å². The van der Waals surface area contributed by atoms with Gasteiger partial charge in [0.15, 0.2) is 5.78 Å². The summed E-state index contributed by atoms with van der Waals surface area (Å²) in [4.78, 5) is 23.7. The van der Waals surface area contributed by atoms with Gasteiger partial charge in [-0.1, -0.05) is 53.5 Å². The molecule has 0 amide bonds. The van der Waals surface area contributed by atoms with E-state index in [0.717, 1.165) is 11.1 Å². The van der Waals surface area contributed by atoms with E-state index in [1.165, 1.54) is 0 Å². The molecule has 3 rings (SSSR count). The maximum absolute atomic E-state index is 13.1.